The van der Waals surface area contributed by atoms with Crippen LogP contribution in [0.5, 0.6) is 0 Å². The number of aryl methyl sites for hydroxylation is 1. The Hall–Kier alpha value is -2.78. The molecule has 0 saturated carbocycles. The first-order valence-electron chi connectivity index (χ1n) is 12.9. The summed E-state index contributed by atoms with van der Waals surface area (Å²) < 4.78 is 26.5. The van der Waals surface area contributed by atoms with E-state index in [0.717, 1.165) is 43.7 Å². The summed E-state index contributed by atoms with van der Waals surface area (Å²) in [6.45, 7) is 14.8. The van der Waals surface area contributed by atoms with Gasteiger partial charge >= 0.3 is 0 Å². The van der Waals surface area contributed by atoms with Gasteiger partial charge in [0.15, 0.2) is 0 Å². The number of hydrogen-bond donors (Lipinski definition) is 4. The van der Waals surface area contributed by atoms with Gasteiger partial charge in [-0.05, 0) is 62.2 Å². The first-order valence-corrected chi connectivity index (χ1v) is 12.9. The predicted molar refractivity (Wildman–Crippen MR) is 155 cm³/mol. The van der Waals surface area contributed by atoms with E-state index in [1.807, 2.05) is 27.6 Å². The lowest BCUT2D eigenvalue weighted by Crippen LogP contribution is -2.32. The van der Waals surface area contributed by atoms with Crippen LogP contribution in [0.3, 0.4) is 0 Å². The molecule has 1 aromatic carbocycles. The zero-order valence-corrected chi connectivity index (χ0v) is 23.8. The van der Waals surface area contributed by atoms with Crippen molar-refractivity contribution in [2.75, 3.05) is 52.6 Å². The summed E-state index contributed by atoms with van der Waals surface area (Å²) >= 11 is 0. The van der Waals surface area contributed by atoms with E-state index in [0.29, 0.717) is 17.2 Å². The molecule has 9 heteroatoms. The summed E-state index contributed by atoms with van der Waals surface area (Å²) in [5, 5.41) is 9.98. The molecule has 2 aliphatic heterocycles. The van der Waals surface area contributed by atoms with Crippen molar-refractivity contribution >= 4 is 24.3 Å². The SMILES string of the molecule is C=O.CC.CC1=C(NC2CCNC2)CN(C)C1.CCCc1cc(/C(C=NC)=C/N)c(C(F)F)cc1NC. The lowest BCUT2D eigenvalue weighted by Gasteiger charge is -2.16. The number of allylic oxidation sites excluding steroid dienone is 1. The molecule has 0 aliphatic carbocycles. The maximum Gasteiger partial charge on any atom is 0.264 e. The molecule has 1 unspecified atom stereocenters. The molecule has 1 saturated heterocycles. The number of halogens is 2. The van der Waals surface area contributed by atoms with Crippen LogP contribution in [0.4, 0.5) is 14.5 Å². The second-order valence-corrected chi connectivity index (χ2v) is 8.67. The standard InChI is InChI=1S/C15H21F2N3.C10H19N3.C2H6.CH2O/c1-4-5-10-6-12(11(8-18)9-19-2)13(15(16)17)7-14(10)20-3;1-8-6-13(2)7-10(8)12-9-3-4-11-5-9;2*1-2/h6-9,15,20H,4-5,18H2,1-3H3;9,11-12H,3-7H2,1-2H3;1-2H3;1H2/b11-8+,19-9?;;;. The van der Waals surface area contributed by atoms with Crippen molar-refractivity contribution in [3.05, 3.63) is 46.3 Å². The molecule has 2 heterocycles. The van der Waals surface area contributed by atoms with Gasteiger partial charge in [0.1, 0.15) is 6.79 Å². The van der Waals surface area contributed by atoms with Crippen LogP contribution in [0.2, 0.25) is 0 Å². The van der Waals surface area contributed by atoms with E-state index in [2.05, 4.69) is 39.8 Å². The number of carbonyl (C=O) groups is 1. The number of aliphatic imine (C=N–C) groups is 1. The molecule has 1 fully saturated rings. The van der Waals surface area contributed by atoms with Gasteiger partial charge in [-0.3, -0.25) is 9.89 Å². The molecule has 0 bridgehead atoms. The van der Waals surface area contributed by atoms with Crippen LogP contribution < -0.4 is 21.7 Å². The monoisotopic (exact) mass is 522 g/mol. The fourth-order valence-electron chi connectivity index (χ4n) is 4.30. The average Bonchev–Trinajstić information content (AvgIpc) is 3.54. The van der Waals surface area contributed by atoms with Gasteiger partial charge in [-0.2, -0.15) is 0 Å². The van der Waals surface area contributed by atoms with Gasteiger partial charge < -0.3 is 26.5 Å². The highest BCUT2D eigenvalue weighted by Gasteiger charge is 2.21. The number of benzene rings is 1. The van der Waals surface area contributed by atoms with Crippen LogP contribution in [-0.2, 0) is 11.2 Å². The highest BCUT2D eigenvalue weighted by Crippen LogP contribution is 2.33. The molecule has 1 aromatic rings. The first kappa shape index (κ1) is 34.2. The van der Waals surface area contributed by atoms with Gasteiger partial charge in [-0.1, -0.05) is 27.2 Å². The molecule has 5 N–H and O–H groups in total. The Morgan fingerprint density at radius 2 is 2.00 bits per heavy atom. The summed E-state index contributed by atoms with van der Waals surface area (Å²) in [6, 6.07) is 3.94. The summed E-state index contributed by atoms with van der Waals surface area (Å²) in [6.07, 6.45) is 3.26. The number of nitrogens with one attached hydrogen (secondary N) is 3. The molecule has 1 atom stereocenters. The highest BCUT2D eigenvalue weighted by atomic mass is 19.3. The quantitative estimate of drug-likeness (QED) is 0.372. The molecule has 0 amide bonds. The number of nitrogens with two attached hydrogens (primary N) is 1. The van der Waals surface area contributed by atoms with Crippen molar-refractivity contribution in [3.8, 4) is 0 Å². The van der Waals surface area contributed by atoms with Gasteiger partial charge in [0.25, 0.3) is 6.43 Å². The predicted octanol–water partition coefficient (Wildman–Crippen LogP) is 4.62. The Kier molecular flexibility index (Phi) is 17.9. The highest BCUT2D eigenvalue weighted by molar-refractivity contribution is 6.10. The maximum absolute atomic E-state index is 13.3. The van der Waals surface area contributed by atoms with E-state index >= 15 is 0 Å². The lowest BCUT2D eigenvalue weighted by molar-refractivity contribution is -0.0980. The molecular formula is C28H48F2N6O. The number of anilines is 1. The van der Waals surface area contributed by atoms with Gasteiger partial charge in [0.05, 0.1) is 0 Å². The zero-order valence-electron chi connectivity index (χ0n) is 23.8. The van der Waals surface area contributed by atoms with Gasteiger partial charge in [0.2, 0.25) is 0 Å². The minimum atomic E-state index is -2.56. The van der Waals surface area contributed by atoms with E-state index in [4.69, 9.17) is 10.5 Å². The largest absolute Gasteiger partial charge is 0.404 e. The third kappa shape index (κ3) is 11.0. The molecule has 0 spiro atoms. The second kappa shape index (κ2) is 19.3. The van der Waals surface area contributed by atoms with Crippen LogP contribution in [0.1, 0.15) is 63.7 Å². The van der Waals surface area contributed by atoms with Crippen molar-refractivity contribution in [1.82, 2.24) is 15.5 Å². The smallest absolute Gasteiger partial charge is 0.264 e. The Labute approximate surface area is 222 Å². The van der Waals surface area contributed by atoms with Crippen LogP contribution in [0.25, 0.3) is 5.57 Å². The Morgan fingerprint density at radius 1 is 1.32 bits per heavy atom. The third-order valence-electron chi connectivity index (χ3n) is 5.95. The van der Waals surface area contributed by atoms with Crippen molar-refractivity contribution in [2.24, 2.45) is 10.7 Å². The van der Waals surface area contributed by atoms with Gasteiger partial charge in [0, 0.05) is 74.7 Å². The molecular weight excluding hydrogens is 474 g/mol. The molecule has 0 radical (unpaired) electrons. The summed E-state index contributed by atoms with van der Waals surface area (Å²) in [5.74, 6) is 0. The fraction of sp³-hybridized carbons (Fsp3) is 0.571. The van der Waals surface area contributed by atoms with E-state index in [-0.39, 0.29) is 5.56 Å². The number of hydrogen-bond acceptors (Lipinski definition) is 7. The van der Waals surface area contributed by atoms with E-state index in [9.17, 15) is 8.78 Å². The van der Waals surface area contributed by atoms with Crippen LogP contribution in [-0.4, -0.2) is 71.3 Å². The van der Waals surface area contributed by atoms with E-state index in [1.165, 1.54) is 42.7 Å². The molecule has 37 heavy (non-hydrogen) atoms. The fourth-order valence-corrected chi connectivity index (χ4v) is 4.30. The van der Waals surface area contributed by atoms with Crippen molar-refractivity contribution in [2.45, 2.75) is 59.4 Å². The minimum absolute atomic E-state index is 0.0363. The maximum atomic E-state index is 13.3. The normalized spacial score (nSPS) is 17.6. The van der Waals surface area contributed by atoms with Crippen molar-refractivity contribution in [3.63, 3.8) is 0 Å². The summed E-state index contributed by atoms with van der Waals surface area (Å²) in [7, 11) is 5.49. The molecule has 210 valence electrons. The van der Waals surface area contributed by atoms with Crippen LogP contribution in [0, 0.1) is 0 Å². The number of likely N-dealkylation sites (N-methyl/N-ethyl adjacent to an activating group) is 1. The third-order valence-corrected chi connectivity index (χ3v) is 5.95. The van der Waals surface area contributed by atoms with Crippen LogP contribution in [0.15, 0.2) is 34.6 Å². The number of alkyl halides is 2. The van der Waals surface area contributed by atoms with Gasteiger partial charge in [-0.15, -0.1) is 0 Å². The molecule has 7 nitrogen and oxygen atoms in total. The first-order chi connectivity index (χ1) is 17.8. The Balaban J connectivity index is 0.000000654. The summed E-state index contributed by atoms with van der Waals surface area (Å²) in [4.78, 5) is 14.2. The second-order valence-electron chi connectivity index (χ2n) is 8.67. The Bertz CT molecular complexity index is 880. The lowest BCUT2D eigenvalue weighted by atomic mass is 9.95. The topological polar surface area (TPSA) is 94.8 Å². The summed E-state index contributed by atoms with van der Waals surface area (Å²) in [5.41, 5.74) is 11.1. The number of carbonyl (C=O) groups excluding carboxylic acids is 1. The van der Waals surface area contributed by atoms with Crippen molar-refractivity contribution in [1.29, 1.82) is 0 Å². The van der Waals surface area contributed by atoms with E-state index in [1.54, 1.807) is 20.2 Å². The minimum Gasteiger partial charge on any atom is -0.404 e. The number of nitrogens with zero attached hydrogens (tertiary/aromatic N) is 2. The molecule has 2 aliphatic rings. The zero-order chi connectivity index (χ0) is 28.4. The van der Waals surface area contributed by atoms with Crippen LogP contribution >= 0.6 is 0 Å². The average molecular weight is 523 g/mol. The molecule has 0 aromatic heterocycles. The molecule has 3 rings (SSSR count). The van der Waals surface area contributed by atoms with E-state index < -0.39 is 6.43 Å². The number of rotatable bonds is 8. The van der Waals surface area contributed by atoms with Crippen molar-refractivity contribution < 1.29 is 13.6 Å². The van der Waals surface area contributed by atoms with Gasteiger partial charge in [-0.25, -0.2) is 8.78 Å². The Morgan fingerprint density at radius 3 is 2.43 bits per heavy atom.